The summed E-state index contributed by atoms with van der Waals surface area (Å²) in [6.07, 6.45) is 1.74. The van der Waals surface area contributed by atoms with Crippen LogP contribution in [0.2, 0.25) is 5.02 Å². The summed E-state index contributed by atoms with van der Waals surface area (Å²) in [6, 6.07) is 13.3. The molecule has 1 radical (unpaired) electrons. The van der Waals surface area contributed by atoms with E-state index in [1.54, 1.807) is 6.20 Å². The maximum absolute atomic E-state index is 5.98. The first-order valence-corrected chi connectivity index (χ1v) is 4.66. The minimum absolute atomic E-state index is 0. The van der Waals surface area contributed by atoms with Gasteiger partial charge >= 0.3 is 0 Å². The SMILES string of the molecule is Clc1ccccc1Nc1ccccn1.[Cu]. The van der Waals surface area contributed by atoms with E-state index in [4.69, 9.17) is 11.6 Å². The van der Waals surface area contributed by atoms with Gasteiger partial charge in [0, 0.05) is 23.3 Å². The van der Waals surface area contributed by atoms with E-state index < -0.39 is 0 Å². The molecule has 1 aromatic carbocycles. The number of nitrogens with zero attached hydrogens (tertiary/aromatic N) is 1. The Balaban J connectivity index is 0.00000112. The van der Waals surface area contributed by atoms with Crippen molar-refractivity contribution in [1.82, 2.24) is 4.98 Å². The molecular formula is C11H9ClCuN2. The second-order valence-corrected chi connectivity index (χ2v) is 3.23. The molecule has 0 aliphatic rings. The van der Waals surface area contributed by atoms with Crippen molar-refractivity contribution in [3.63, 3.8) is 0 Å². The second-order valence-electron chi connectivity index (χ2n) is 2.82. The van der Waals surface area contributed by atoms with E-state index in [9.17, 15) is 0 Å². The molecule has 0 aliphatic carbocycles. The molecule has 2 rings (SSSR count). The van der Waals surface area contributed by atoms with Gasteiger partial charge in [-0.2, -0.15) is 0 Å². The maximum atomic E-state index is 5.98. The van der Waals surface area contributed by atoms with Gasteiger partial charge in [-0.25, -0.2) is 4.98 Å². The predicted molar refractivity (Wildman–Crippen MR) is 59.0 cm³/mol. The van der Waals surface area contributed by atoms with Crippen molar-refractivity contribution in [2.45, 2.75) is 0 Å². The zero-order valence-electron chi connectivity index (χ0n) is 7.75. The fraction of sp³-hybridized carbons (Fsp3) is 0. The van der Waals surface area contributed by atoms with Crippen molar-refractivity contribution < 1.29 is 17.1 Å². The van der Waals surface area contributed by atoms with Gasteiger partial charge in [-0.05, 0) is 24.3 Å². The number of hydrogen-bond donors (Lipinski definition) is 1. The molecule has 0 spiro atoms. The fourth-order valence-electron chi connectivity index (χ4n) is 1.14. The largest absolute Gasteiger partial charge is 0.339 e. The van der Waals surface area contributed by atoms with Crippen LogP contribution >= 0.6 is 11.6 Å². The van der Waals surface area contributed by atoms with Crippen LogP contribution in [-0.4, -0.2) is 4.98 Å². The molecular weight excluding hydrogens is 259 g/mol. The summed E-state index contributed by atoms with van der Waals surface area (Å²) in [5, 5.41) is 3.82. The van der Waals surface area contributed by atoms with Crippen molar-refractivity contribution in [3.05, 3.63) is 53.7 Å². The number of aromatic nitrogens is 1. The Morgan fingerprint density at radius 1 is 1.00 bits per heavy atom. The molecule has 0 amide bonds. The summed E-state index contributed by atoms with van der Waals surface area (Å²) in [6.45, 7) is 0. The van der Waals surface area contributed by atoms with E-state index in [0.29, 0.717) is 5.02 Å². The van der Waals surface area contributed by atoms with Crippen molar-refractivity contribution in [2.75, 3.05) is 5.32 Å². The van der Waals surface area contributed by atoms with E-state index in [1.807, 2.05) is 42.5 Å². The first-order chi connectivity index (χ1) is 6.86. The fourth-order valence-corrected chi connectivity index (χ4v) is 1.32. The minimum atomic E-state index is 0. The summed E-state index contributed by atoms with van der Waals surface area (Å²) in [7, 11) is 0. The van der Waals surface area contributed by atoms with Gasteiger partial charge in [0.25, 0.3) is 0 Å². The molecule has 1 N–H and O–H groups in total. The van der Waals surface area contributed by atoms with Crippen molar-refractivity contribution in [1.29, 1.82) is 0 Å². The Morgan fingerprint density at radius 2 is 1.73 bits per heavy atom. The Hall–Kier alpha value is -1.02. The molecule has 0 fully saturated rings. The van der Waals surface area contributed by atoms with E-state index in [2.05, 4.69) is 10.3 Å². The van der Waals surface area contributed by atoms with Crippen LogP contribution in [0, 0.1) is 0 Å². The van der Waals surface area contributed by atoms with Crippen LogP contribution in [0.4, 0.5) is 11.5 Å². The molecule has 15 heavy (non-hydrogen) atoms. The molecule has 81 valence electrons. The summed E-state index contributed by atoms with van der Waals surface area (Å²) in [5.41, 5.74) is 0.868. The van der Waals surface area contributed by atoms with Crippen molar-refractivity contribution >= 4 is 23.1 Å². The van der Waals surface area contributed by atoms with E-state index in [1.165, 1.54) is 0 Å². The number of rotatable bonds is 2. The Kier molecular flexibility index (Phi) is 4.63. The second kappa shape index (κ2) is 5.76. The first-order valence-electron chi connectivity index (χ1n) is 4.29. The zero-order chi connectivity index (χ0) is 9.80. The van der Waals surface area contributed by atoms with Gasteiger partial charge in [-0.3, -0.25) is 0 Å². The monoisotopic (exact) mass is 267 g/mol. The molecule has 0 saturated heterocycles. The number of para-hydroxylation sites is 1. The molecule has 2 aromatic rings. The van der Waals surface area contributed by atoms with Gasteiger partial charge in [0.2, 0.25) is 0 Å². The molecule has 0 atom stereocenters. The van der Waals surface area contributed by atoms with Crippen LogP contribution in [0.3, 0.4) is 0 Å². The zero-order valence-corrected chi connectivity index (χ0v) is 9.44. The van der Waals surface area contributed by atoms with Crippen molar-refractivity contribution in [3.8, 4) is 0 Å². The van der Waals surface area contributed by atoms with Crippen LogP contribution in [0.5, 0.6) is 0 Å². The van der Waals surface area contributed by atoms with Gasteiger partial charge in [-0.15, -0.1) is 0 Å². The van der Waals surface area contributed by atoms with E-state index >= 15 is 0 Å². The maximum Gasteiger partial charge on any atom is 0.130 e. The van der Waals surface area contributed by atoms with Gasteiger partial charge in [0.15, 0.2) is 0 Å². The molecule has 4 heteroatoms. The van der Waals surface area contributed by atoms with Crippen LogP contribution in [0.15, 0.2) is 48.7 Å². The molecule has 0 bridgehead atoms. The molecule has 1 heterocycles. The number of nitrogens with one attached hydrogen (secondary N) is 1. The smallest absolute Gasteiger partial charge is 0.130 e. The number of pyridine rings is 1. The van der Waals surface area contributed by atoms with E-state index in [0.717, 1.165) is 11.5 Å². The van der Waals surface area contributed by atoms with Gasteiger partial charge in [0.1, 0.15) is 5.82 Å². The van der Waals surface area contributed by atoms with Crippen LogP contribution < -0.4 is 5.32 Å². The van der Waals surface area contributed by atoms with Crippen LogP contribution in [0.25, 0.3) is 0 Å². The molecule has 0 aliphatic heterocycles. The Bertz CT molecular complexity index is 420. The number of anilines is 2. The third-order valence-corrected chi connectivity index (χ3v) is 2.13. The Morgan fingerprint density at radius 3 is 2.40 bits per heavy atom. The normalized spacial score (nSPS) is 9.13. The van der Waals surface area contributed by atoms with Crippen molar-refractivity contribution in [2.24, 2.45) is 0 Å². The average Bonchev–Trinajstić information content (AvgIpc) is 2.23. The minimum Gasteiger partial charge on any atom is -0.339 e. The van der Waals surface area contributed by atoms with Gasteiger partial charge in [0.05, 0.1) is 10.7 Å². The third-order valence-electron chi connectivity index (χ3n) is 1.80. The molecule has 2 nitrogen and oxygen atoms in total. The summed E-state index contributed by atoms with van der Waals surface area (Å²) >= 11 is 5.98. The Labute approximate surface area is 104 Å². The summed E-state index contributed by atoms with van der Waals surface area (Å²) in [4.78, 5) is 4.15. The first kappa shape index (κ1) is 12.1. The van der Waals surface area contributed by atoms with Gasteiger partial charge in [-0.1, -0.05) is 29.8 Å². The van der Waals surface area contributed by atoms with E-state index in [-0.39, 0.29) is 17.1 Å². The molecule has 1 aromatic heterocycles. The average molecular weight is 268 g/mol. The number of hydrogen-bond acceptors (Lipinski definition) is 2. The quantitative estimate of drug-likeness (QED) is 0.843. The topological polar surface area (TPSA) is 24.9 Å². The van der Waals surface area contributed by atoms with Crippen LogP contribution in [-0.2, 0) is 17.1 Å². The van der Waals surface area contributed by atoms with Crippen LogP contribution in [0.1, 0.15) is 0 Å². The third kappa shape index (κ3) is 3.24. The number of halogens is 1. The summed E-state index contributed by atoms with van der Waals surface area (Å²) in [5.74, 6) is 0.792. The number of benzene rings is 1. The molecule has 0 saturated carbocycles. The standard InChI is InChI=1S/C11H9ClN2.Cu/c12-9-5-1-2-6-10(9)14-11-7-3-4-8-13-11;/h1-8H,(H,13,14);. The predicted octanol–water partition coefficient (Wildman–Crippen LogP) is 3.48. The summed E-state index contributed by atoms with van der Waals surface area (Å²) < 4.78 is 0. The molecule has 0 unspecified atom stereocenters. The van der Waals surface area contributed by atoms with Gasteiger partial charge < -0.3 is 5.32 Å².